The summed E-state index contributed by atoms with van der Waals surface area (Å²) in [5, 5.41) is 3.46. The zero-order valence-electron chi connectivity index (χ0n) is 9.62. The molecule has 3 nitrogen and oxygen atoms in total. The Kier molecular flexibility index (Phi) is 3.41. The minimum atomic E-state index is 0.579. The molecule has 0 amide bonds. The van der Waals surface area contributed by atoms with Crippen LogP contribution in [0.4, 0.5) is 0 Å². The van der Waals surface area contributed by atoms with Crippen LogP contribution in [0.1, 0.15) is 38.3 Å². The lowest BCUT2D eigenvalue weighted by atomic mass is 10.1. The Morgan fingerprint density at radius 2 is 2.47 bits per heavy atom. The molecule has 1 saturated heterocycles. The van der Waals surface area contributed by atoms with E-state index in [1.807, 2.05) is 6.20 Å². The fourth-order valence-electron chi connectivity index (χ4n) is 2.08. The molecule has 15 heavy (non-hydrogen) atoms. The van der Waals surface area contributed by atoms with Crippen LogP contribution in [0, 0.1) is 5.92 Å². The Hall–Kier alpha value is -0.830. The fourth-order valence-corrected chi connectivity index (χ4v) is 2.08. The van der Waals surface area contributed by atoms with Crippen LogP contribution in [0.15, 0.2) is 10.6 Å². The van der Waals surface area contributed by atoms with Crippen molar-refractivity contribution in [3.63, 3.8) is 0 Å². The molecule has 1 unspecified atom stereocenters. The highest BCUT2D eigenvalue weighted by Gasteiger charge is 2.17. The van der Waals surface area contributed by atoms with Gasteiger partial charge in [-0.2, -0.15) is 0 Å². The van der Waals surface area contributed by atoms with Crippen molar-refractivity contribution in [2.75, 3.05) is 6.54 Å². The lowest BCUT2D eigenvalue weighted by molar-refractivity contribution is 0.412. The molecule has 0 bridgehead atoms. The van der Waals surface area contributed by atoms with E-state index in [0.717, 1.165) is 31.0 Å². The van der Waals surface area contributed by atoms with Crippen LogP contribution in [-0.2, 0) is 12.8 Å². The molecular weight excluding hydrogens is 188 g/mol. The van der Waals surface area contributed by atoms with Gasteiger partial charge in [0.2, 0.25) is 0 Å². The third-order valence-corrected chi connectivity index (χ3v) is 2.79. The average molecular weight is 208 g/mol. The van der Waals surface area contributed by atoms with Gasteiger partial charge in [0, 0.05) is 18.9 Å². The minimum absolute atomic E-state index is 0.579. The molecule has 0 spiro atoms. The summed E-state index contributed by atoms with van der Waals surface area (Å²) in [5.41, 5.74) is 0. The summed E-state index contributed by atoms with van der Waals surface area (Å²) < 4.78 is 5.71. The van der Waals surface area contributed by atoms with Crippen molar-refractivity contribution in [1.82, 2.24) is 10.3 Å². The number of hydrogen-bond acceptors (Lipinski definition) is 3. The third kappa shape index (κ3) is 3.06. The second kappa shape index (κ2) is 4.79. The van der Waals surface area contributed by atoms with Crippen LogP contribution in [0.3, 0.4) is 0 Å². The average Bonchev–Trinajstić information content (AvgIpc) is 2.77. The van der Waals surface area contributed by atoms with Crippen LogP contribution in [0.5, 0.6) is 0 Å². The molecule has 0 saturated carbocycles. The quantitative estimate of drug-likeness (QED) is 0.824. The molecule has 1 N–H and O–H groups in total. The second-order valence-corrected chi connectivity index (χ2v) is 4.82. The minimum Gasteiger partial charge on any atom is -0.446 e. The number of hydrogen-bond donors (Lipinski definition) is 1. The molecule has 84 valence electrons. The van der Waals surface area contributed by atoms with Gasteiger partial charge in [-0.25, -0.2) is 4.98 Å². The predicted octanol–water partition coefficient (Wildman–Crippen LogP) is 2.17. The van der Waals surface area contributed by atoms with Gasteiger partial charge in [0.05, 0.1) is 6.20 Å². The first-order chi connectivity index (χ1) is 7.24. The Morgan fingerprint density at radius 3 is 3.13 bits per heavy atom. The number of aromatic nitrogens is 1. The van der Waals surface area contributed by atoms with E-state index in [2.05, 4.69) is 24.1 Å². The number of nitrogens with one attached hydrogen (secondary N) is 1. The van der Waals surface area contributed by atoms with Crippen molar-refractivity contribution in [2.45, 2.75) is 45.6 Å². The van der Waals surface area contributed by atoms with Crippen molar-refractivity contribution in [3.8, 4) is 0 Å². The topological polar surface area (TPSA) is 38.1 Å². The molecule has 0 radical (unpaired) electrons. The molecule has 1 aromatic rings. The van der Waals surface area contributed by atoms with E-state index < -0.39 is 0 Å². The van der Waals surface area contributed by atoms with Gasteiger partial charge in [-0.05, 0) is 25.3 Å². The molecule has 2 heterocycles. The van der Waals surface area contributed by atoms with Gasteiger partial charge in [-0.1, -0.05) is 13.8 Å². The zero-order chi connectivity index (χ0) is 10.7. The van der Waals surface area contributed by atoms with Gasteiger partial charge in [0.15, 0.2) is 5.89 Å². The smallest absolute Gasteiger partial charge is 0.195 e. The predicted molar refractivity (Wildman–Crippen MR) is 59.8 cm³/mol. The Morgan fingerprint density at radius 1 is 1.60 bits per heavy atom. The highest BCUT2D eigenvalue weighted by Crippen LogP contribution is 2.14. The van der Waals surface area contributed by atoms with E-state index in [1.165, 1.54) is 12.8 Å². The molecule has 0 aromatic carbocycles. The van der Waals surface area contributed by atoms with E-state index >= 15 is 0 Å². The summed E-state index contributed by atoms with van der Waals surface area (Å²) >= 11 is 0. The van der Waals surface area contributed by atoms with Gasteiger partial charge < -0.3 is 9.73 Å². The number of oxazole rings is 1. The van der Waals surface area contributed by atoms with E-state index in [0.29, 0.717) is 12.0 Å². The molecular formula is C12H20N2O. The molecule has 1 aromatic heterocycles. The van der Waals surface area contributed by atoms with Crippen molar-refractivity contribution >= 4 is 0 Å². The van der Waals surface area contributed by atoms with Gasteiger partial charge in [0.1, 0.15) is 5.76 Å². The molecule has 1 fully saturated rings. The Bertz CT molecular complexity index is 300. The summed E-state index contributed by atoms with van der Waals surface area (Å²) in [7, 11) is 0. The molecule has 1 aliphatic rings. The summed E-state index contributed by atoms with van der Waals surface area (Å²) in [6, 6.07) is 0.579. The maximum absolute atomic E-state index is 5.71. The Labute approximate surface area is 91.3 Å². The van der Waals surface area contributed by atoms with E-state index in [4.69, 9.17) is 4.42 Å². The number of nitrogens with zero attached hydrogens (tertiary/aromatic N) is 1. The fraction of sp³-hybridized carbons (Fsp3) is 0.750. The van der Waals surface area contributed by atoms with Gasteiger partial charge in [-0.3, -0.25) is 0 Å². The third-order valence-electron chi connectivity index (χ3n) is 2.79. The summed E-state index contributed by atoms with van der Waals surface area (Å²) in [6.45, 7) is 5.53. The van der Waals surface area contributed by atoms with Crippen molar-refractivity contribution < 1.29 is 4.42 Å². The van der Waals surface area contributed by atoms with Crippen LogP contribution in [0.2, 0.25) is 0 Å². The Balaban J connectivity index is 1.88. The SMILES string of the molecule is CC(C)Cc1cnc(CC2CCCN2)o1. The lowest BCUT2D eigenvalue weighted by Gasteiger charge is -2.05. The van der Waals surface area contributed by atoms with Crippen molar-refractivity contribution in [2.24, 2.45) is 5.92 Å². The zero-order valence-corrected chi connectivity index (χ0v) is 9.62. The van der Waals surface area contributed by atoms with Crippen molar-refractivity contribution in [3.05, 3.63) is 17.8 Å². The van der Waals surface area contributed by atoms with Crippen LogP contribution >= 0.6 is 0 Å². The highest BCUT2D eigenvalue weighted by molar-refractivity contribution is 4.97. The first kappa shape index (κ1) is 10.7. The largest absolute Gasteiger partial charge is 0.446 e. The van der Waals surface area contributed by atoms with Crippen LogP contribution in [0.25, 0.3) is 0 Å². The molecule has 3 heteroatoms. The van der Waals surface area contributed by atoms with Crippen LogP contribution in [-0.4, -0.2) is 17.6 Å². The molecule has 0 aliphatic carbocycles. The number of rotatable bonds is 4. The summed E-state index contributed by atoms with van der Waals surface area (Å²) in [4.78, 5) is 4.33. The van der Waals surface area contributed by atoms with E-state index in [9.17, 15) is 0 Å². The van der Waals surface area contributed by atoms with E-state index in [-0.39, 0.29) is 0 Å². The highest BCUT2D eigenvalue weighted by atomic mass is 16.4. The maximum atomic E-state index is 5.71. The molecule has 1 aliphatic heterocycles. The molecule has 1 atom stereocenters. The van der Waals surface area contributed by atoms with Gasteiger partial charge in [0.25, 0.3) is 0 Å². The monoisotopic (exact) mass is 208 g/mol. The van der Waals surface area contributed by atoms with E-state index in [1.54, 1.807) is 0 Å². The summed E-state index contributed by atoms with van der Waals surface area (Å²) in [6.07, 6.45) is 6.35. The standard InChI is InChI=1S/C12H20N2O/c1-9(2)6-11-8-14-12(15-11)7-10-4-3-5-13-10/h8-10,13H,3-7H2,1-2H3. The summed E-state index contributed by atoms with van der Waals surface area (Å²) in [5.74, 6) is 2.55. The van der Waals surface area contributed by atoms with Gasteiger partial charge >= 0.3 is 0 Å². The second-order valence-electron chi connectivity index (χ2n) is 4.82. The lowest BCUT2D eigenvalue weighted by Crippen LogP contribution is -2.23. The van der Waals surface area contributed by atoms with Gasteiger partial charge in [-0.15, -0.1) is 0 Å². The van der Waals surface area contributed by atoms with Crippen molar-refractivity contribution in [1.29, 1.82) is 0 Å². The maximum Gasteiger partial charge on any atom is 0.195 e. The van der Waals surface area contributed by atoms with Crippen LogP contribution < -0.4 is 5.32 Å². The first-order valence-electron chi connectivity index (χ1n) is 5.91. The first-order valence-corrected chi connectivity index (χ1v) is 5.91. The normalized spacial score (nSPS) is 21.4. The molecule has 2 rings (SSSR count).